The van der Waals surface area contributed by atoms with Crippen LogP contribution in [0.1, 0.15) is 47.7 Å². The molecule has 1 atom stereocenters. The Morgan fingerprint density at radius 3 is 2.53 bits per heavy atom. The zero-order valence-corrected chi connectivity index (χ0v) is 18.9. The molecule has 1 amide bonds. The lowest BCUT2D eigenvalue weighted by molar-refractivity contribution is -0.112. The van der Waals surface area contributed by atoms with Gasteiger partial charge in [-0.05, 0) is 50.5 Å². The zero-order valence-electron chi connectivity index (χ0n) is 18.9. The van der Waals surface area contributed by atoms with Crippen LogP contribution in [-0.2, 0) is 9.53 Å². The van der Waals surface area contributed by atoms with Crippen molar-refractivity contribution in [2.75, 3.05) is 43.2 Å². The van der Waals surface area contributed by atoms with E-state index in [4.69, 9.17) is 9.84 Å². The van der Waals surface area contributed by atoms with E-state index >= 15 is 0 Å². The molecule has 2 aromatic carbocycles. The number of nitrogens with zero attached hydrogens (tertiary/aromatic N) is 1. The maximum atomic E-state index is 12.6. The van der Waals surface area contributed by atoms with Crippen molar-refractivity contribution >= 4 is 23.1 Å². The molecular weight excluding hydrogens is 408 g/mol. The maximum Gasteiger partial charge on any atom is 0.296 e. The highest BCUT2D eigenvalue weighted by atomic mass is 16.5. The number of hydrogen-bond donors (Lipinski definition) is 3. The fourth-order valence-corrected chi connectivity index (χ4v) is 4.36. The average Bonchev–Trinajstić information content (AvgIpc) is 2.78. The molecule has 2 aromatic rings. The summed E-state index contributed by atoms with van der Waals surface area (Å²) in [6.45, 7) is 7.52. The number of aliphatic hydroxyl groups is 2. The summed E-state index contributed by atoms with van der Waals surface area (Å²) in [5, 5.41) is 21.8. The van der Waals surface area contributed by atoms with E-state index in [1.165, 1.54) is 0 Å². The van der Waals surface area contributed by atoms with Crippen LogP contribution in [0.3, 0.4) is 0 Å². The molecule has 0 aliphatic carbocycles. The lowest BCUT2D eigenvalue weighted by Crippen LogP contribution is -2.50. The molecule has 1 heterocycles. The number of hydrogen-bond acceptors (Lipinski definition) is 6. The maximum absolute atomic E-state index is 12.6. The van der Waals surface area contributed by atoms with Crippen molar-refractivity contribution < 1.29 is 24.5 Å². The molecule has 0 saturated heterocycles. The van der Waals surface area contributed by atoms with E-state index in [1.807, 2.05) is 19.1 Å². The Labute approximate surface area is 189 Å². The summed E-state index contributed by atoms with van der Waals surface area (Å²) in [6, 6.07) is 12.3. The first kappa shape index (κ1) is 23.9. The fraction of sp³-hybridized carbons (Fsp3) is 0.440. The zero-order chi connectivity index (χ0) is 23.3. The number of rotatable bonds is 9. The number of ether oxygens (including phenoxy) is 1. The van der Waals surface area contributed by atoms with Crippen LogP contribution in [0.4, 0.5) is 11.4 Å². The van der Waals surface area contributed by atoms with Crippen molar-refractivity contribution in [1.82, 2.24) is 0 Å². The van der Waals surface area contributed by atoms with E-state index in [0.29, 0.717) is 31.0 Å². The molecule has 0 aromatic heterocycles. The van der Waals surface area contributed by atoms with Crippen molar-refractivity contribution in [3.63, 3.8) is 0 Å². The lowest BCUT2D eigenvalue weighted by Gasteiger charge is -2.48. The van der Waals surface area contributed by atoms with Gasteiger partial charge in [0.1, 0.15) is 0 Å². The summed E-state index contributed by atoms with van der Waals surface area (Å²) in [7, 11) is 0. The van der Waals surface area contributed by atoms with Crippen LogP contribution in [0.15, 0.2) is 42.5 Å². The number of fused-ring (bicyclic) bond motifs is 1. The van der Waals surface area contributed by atoms with Crippen molar-refractivity contribution in [2.45, 2.75) is 38.6 Å². The van der Waals surface area contributed by atoms with Gasteiger partial charge in [-0.3, -0.25) is 9.59 Å². The van der Waals surface area contributed by atoms with Crippen LogP contribution in [0, 0.1) is 6.92 Å². The first-order chi connectivity index (χ1) is 15.3. The quantitative estimate of drug-likeness (QED) is 0.315. The molecule has 1 unspecified atom stereocenters. The monoisotopic (exact) mass is 440 g/mol. The summed E-state index contributed by atoms with van der Waals surface area (Å²) in [5.41, 5.74) is 3.44. The Kier molecular flexibility index (Phi) is 7.66. The first-order valence-corrected chi connectivity index (χ1v) is 10.9. The highest BCUT2D eigenvalue weighted by molar-refractivity contribution is 6.46. The largest absolute Gasteiger partial charge is 0.396 e. The predicted octanol–water partition coefficient (Wildman–Crippen LogP) is 2.89. The van der Waals surface area contributed by atoms with E-state index in [1.54, 1.807) is 30.3 Å². The molecule has 32 heavy (non-hydrogen) atoms. The number of nitrogens with one attached hydrogen (secondary N) is 1. The molecule has 1 aliphatic heterocycles. The SMILES string of the molecule is Cc1cc2c(cc1NC(=O)C(=O)c1ccccc1)C(CO)CC(C)(C)N2CCOCCO. The molecule has 0 spiro atoms. The predicted molar refractivity (Wildman–Crippen MR) is 124 cm³/mol. The number of benzene rings is 2. The van der Waals surface area contributed by atoms with Gasteiger partial charge in [0.15, 0.2) is 0 Å². The fourth-order valence-electron chi connectivity index (χ4n) is 4.36. The van der Waals surface area contributed by atoms with Gasteiger partial charge in [-0.2, -0.15) is 0 Å². The van der Waals surface area contributed by atoms with Gasteiger partial charge in [-0.1, -0.05) is 30.3 Å². The smallest absolute Gasteiger partial charge is 0.296 e. The molecule has 7 nitrogen and oxygen atoms in total. The minimum absolute atomic E-state index is 0.00925. The number of aliphatic hydroxyl groups excluding tert-OH is 2. The number of Topliss-reactive ketones (excluding diaryl/α,β-unsaturated/α-hetero) is 1. The van der Waals surface area contributed by atoms with Gasteiger partial charge >= 0.3 is 0 Å². The standard InChI is InChI=1S/C25H32N2O5/c1-17-13-22-20(14-21(17)26-24(31)23(30)18-7-5-4-6-8-18)19(16-29)15-25(2,3)27(22)9-11-32-12-10-28/h4-8,13-14,19,28-29H,9-12,15-16H2,1-3H3,(H,26,31). The van der Waals surface area contributed by atoms with E-state index < -0.39 is 11.7 Å². The van der Waals surface area contributed by atoms with E-state index in [0.717, 1.165) is 23.2 Å². The highest BCUT2D eigenvalue weighted by Gasteiger charge is 2.38. The van der Waals surface area contributed by atoms with Gasteiger partial charge in [0.2, 0.25) is 0 Å². The van der Waals surface area contributed by atoms with Gasteiger partial charge in [0, 0.05) is 34.9 Å². The topological polar surface area (TPSA) is 99.1 Å². The minimum Gasteiger partial charge on any atom is -0.396 e. The second-order valence-corrected chi connectivity index (χ2v) is 8.76. The van der Waals surface area contributed by atoms with E-state index in [2.05, 4.69) is 24.1 Å². The van der Waals surface area contributed by atoms with Crippen LogP contribution in [0.2, 0.25) is 0 Å². The summed E-state index contributed by atoms with van der Waals surface area (Å²) >= 11 is 0. The van der Waals surface area contributed by atoms with Gasteiger partial charge in [0.25, 0.3) is 11.7 Å². The normalized spacial score (nSPS) is 17.0. The summed E-state index contributed by atoms with van der Waals surface area (Å²) in [5.74, 6) is -1.37. The summed E-state index contributed by atoms with van der Waals surface area (Å²) < 4.78 is 5.49. The Morgan fingerprint density at radius 2 is 1.88 bits per heavy atom. The van der Waals surface area contributed by atoms with Crippen LogP contribution in [-0.4, -0.2) is 60.4 Å². The van der Waals surface area contributed by atoms with E-state index in [9.17, 15) is 14.7 Å². The number of amides is 1. The Bertz CT molecular complexity index is 958. The summed E-state index contributed by atoms with van der Waals surface area (Å²) in [4.78, 5) is 27.3. The number of anilines is 2. The number of ketones is 1. The third kappa shape index (κ3) is 5.18. The molecule has 0 fully saturated rings. The average molecular weight is 441 g/mol. The third-order valence-corrected chi connectivity index (χ3v) is 5.99. The molecule has 172 valence electrons. The number of carbonyl (C=O) groups is 2. The van der Waals surface area contributed by atoms with Crippen molar-refractivity contribution in [3.05, 3.63) is 59.2 Å². The molecule has 7 heteroatoms. The molecule has 1 aliphatic rings. The molecule has 3 rings (SSSR count). The van der Waals surface area contributed by atoms with Crippen molar-refractivity contribution in [3.8, 4) is 0 Å². The van der Waals surface area contributed by atoms with Gasteiger partial charge in [0.05, 0.1) is 26.4 Å². The molecule has 0 bridgehead atoms. The van der Waals surface area contributed by atoms with E-state index in [-0.39, 0.29) is 24.7 Å². The van der Waals surface area contributed by atoms with Crippen LogP contribution < -0.4 is 10.2 Å². The first-order valence-electron chi connectivity index (χ1n) is 10.9. The second-order valence-electron chi connectivity index (χ2n) is 8.76. The Balaban J connectivity index is 1.89. The van der Waals surface area contributed by atoms with Crippen LogP contribution in [0.5, 0.6) is 0 Å². The molecule has 0 saturated carbocycles. The lowest BCUT2D eigenvalue weighted by atomic mass is 9.79. The molecule has 0 radical (unpaired) electrons. The molecular formula is C25H32N2O5. The molecule has 3 N–H and O–H groups in total. The van der Waals surface area contributed by atoms with Gasteiger partial charge < -0.3 is 25.2 Å². The van der Waals surface area contributed by atoms with Gasteiger partial charge in [-0.25, -0.2) is 0 Å². The Morgan fingerprint density at radius 1 is 1.16 bits per heavy atom. The second kappa shape index (κ2) is 10.3. The number of aryl methyl sites for hydroxylation is 1. The van der Waals surface area contributed by atoms with Gasteiger partial charge in [-0.15, -0.1) is 0 Å². The summed E-state index contributed by atoms with van der Waals surface area (Å²) in [6.07, 6.45) is 0.732. The van der Waals surface area contributed by atoms with Crippen molar-refractivity contribution in [2.24, 2.45) is 0 Å². The van der Waals surface area contributed by atoms with Crippen LogP contribution in [0.25, 0.3) is 0 Å². The third-order valence-electron chi connectivity index (χ3n) is 5.99. The van der Waals surface area contributed by atoms with Crippen molar-refractivity contribution in [1.29, 1.82) is 0 Å². The minimum atomic E-state index is -0.690. The number of carbonyl (C=O) groups excluding carboxylic acids is 2. The highest BCUT2D eigenvalue weighted by Crippen LogP contribution is 2.45. The van der Waals surface area contributed by atoms with Crippen LogP contribution >= 0.6 is 0 Å². The Hall–Kier alpha value is -2.74.